The van der Waals surface area contributed by atoms with E-state index in [1.165, 1.54) is 183 Å². The molecule has 0 fully saturated rings. The van der Waals surface area contributed by atoms with Gasteiger partial charge in [-0.05, 0) is 83.0 Å². The van der Waals surface area contributed by atoms with Crippen molar-refractivity contribution in [2.24, 2.45) is 5.92 Å². The molecule has 266 valence electrons. The lowest BCUT2D eigenvalue weighted by Crippen LogP contribution is -2.19. The van der Waals surface area contributed by atoms with Gasteiger partial charge in [0.1, 0.15) is 0 Å². The van der Waals surface area contributed by atoms with E-state index in [1.54, 1.807) is 0 Å². The number of rotatable bonds is 35. The zero-order valence-electron chi connectivity index (χ0n) is 31.1. The molecule has 0 aromatic heterocycles. The van der Waals surface area contributed by atoms with E-state index in [1.807, 2.05) is 0 Å². The summed E-state index contributed by atoms with van der Waals surface area (Å²) < 4.78 is 0. The fraction of sp³-hybridized carbons (Fsp3) is 0.767. The van der Waals surface area contributed by atoms with Crippen molar-refractivity contribution in [3.8, 4) is 0 Å². The summed E-state index contributed by atoms with van der Waals surface area (Å²) >= 11 is 0. The Morgan fingerprint density at radius 1 is 0.587 bits per heavy atom. The summed E-state index contributed by atoms with van der Waals surface area (Å²) in [5, 5.41) is 10.7. The molecule has 0 amide bonds. The average Bonchev–Trinajstić information content (AvgIpc) is 3.06. The van der Waals surface area contributed by atoms with Crippen LogP contribution in [0.5, 0.6) is 0 Å². The van der Waals surface area contributed by atoms with Gasteiger partial charge in [-0.15, -0.1) is 0 Å². The monoisotopic (exact) mass is 638 g/mol. The highest BCUT2D eigenvalue weighted by Crippen LogP contribution is 2.18. The van der Waals surface area contributed by atoms with Crippen LogP contribution in [0.3, 0.4) is 0 Å². The van der Waals surface area contributed by atoms with Crippen molar-refractivity contribution in [3.05, 3.63) is 60.6 Å². The van der Waals surface area contributed by atoms with Crippen molar-refractivity contribution < 1.29 is 0 Å². The summed E-state index contributed by atoms with van der Waals surface area (Å²) in [7, 11) is 0. The molecule has 0 saturated heterocycles. The van der Waals surface area contributed by atoms with Crippen LogP contribution >= 0.6 is 0 Å². The standard InChI is InChI=1S/C43H79N3/c1-6-7-8-9-10-11-12-13-14-15-16-17-21-31-40(3)44-36-27-19-22-32-41(4)45-37-29-26-30-39(2)42(5)46-38-28-20-25-35-43-33-23-18-24-34-43/h23,33-34,39,44-46H,3-22,24-32,35-38H2,1-2H3/t39-/m0/s1. The lowest BCUT2D eigenvalue weighted by Gasteiger charge is -2.17. The first-order chi connectivity index (χ1) is 22.5. The van der Waals surface area contributed by atoms with Gasteiger partial charge in [0, 0.05) is 36.7 Å². The molecule has 46 heavy (non-hydrogen) atoms. The van der Waals surface area contributed by atoms with E-state index in [4.69, 9.17) is 0 Å². The molecule has 3 heteroatoms. The normalized spacial score (nSPS) is 13.3. The first-order valence-corrected chi connectivity index (χ1v) is 20.1. The molecule has 1 aliphatic carbocycles. The predicted octanol–water partition coefficient (Wildman–Crippen LogP) is 13.0. The highest BCUT2D eigenvalue weighted by Gasteiger charge is 2.06. The molecule has 0 aliphatic heterocycles. The summed E-state index contributed by atoms with van der Waals surface area (Å²) in [6.45, 7) is 20.6. The van der Waals surface area contributed by atoms with Crippen LogP contribution in [0.15, 0.2) is 60.6 Å². The van der Waals surface area contributed by atoms with Crippen molar-refractivity contribution in [2.75, 3.05) is 19.6 Å². The third-order valence-electron chi connectivity index (χ3n) is 9.71. The average molecular weight is 638 g/mol. The number of allylic oxidation sites excluding steroid dienone is 7. The molecule has 0 saturated carbocycles. The number of unbranched alkanes of at least 4 members (excludes halogenated alkanes) is 17. The van der Waals surface area contributed by atoms with Gasteiger partial charge < -0.3 is 16.0 Å². The second-order valence-corrected chi connectivity index (χ2v) is 14.3. The zero-order chi connectivity index (χ0) is 33.3. The minimum Gasteiger partial charge on any atom is -0.389 e. The van der Waals surface area contributed by atoms with Crippen molar-refractivity contribution >= 4 is 0 Å². The Hall–Kier alpha value is -1.90. The molecule has 0 heterocycles. The van der Waals surface area contributed by atoms with Crippen molar-refractivity contribution in [1.82, 2.24) is 16.0 Å². The second-order valence-electron chi connectivity index (χ2n) is 14.3. The second kappa shape index (κ2) is 31.7. The van der Waals surface area contributed by atoms with Crippen molar-refractivity contribution in [3.63, 3.8) is 0 Å². The topological polar surface area (TPSA) is 36.1 Å². The minimum absolute atomic E-state index is 0.541. The lowest BCUT2D eigenvalue weighted by atomic mass is 10.0. The van der Waals surface area contributed by atoms with E-state index in [2.05, 4.69) is 67.8 Å². The van der Waals surface area contributed by atoms with Crippen molar-refractivity contribution in [1.29, 1.82) is 0 Å². The number of hydrogen-bond acceptors (Lipinski definition) is 3. The molecular formula is C43H79N3. The summed E-state index contributed by atoms with van der Waals surface area (Å²) in [5.74, 6) is 0.541. The molecule has 1 aliphatic rings. The van der Waals surface area contributed by atoms with Gasteiger partial charge in [-0.3, -0.25) is 0 Å². The summed E-state index contributed by atoms with van der Waals surface area (Å²) in [5.41, 5.74) is 5.19. The molecule has 0 spiro atoms. The van der Waals surface area contributed by atoms with Crippen LogP contribution < -0.4 is 16.0 Å². The van der Waals surface area contributed by atoms with Crippen LogP contribution in [-0.4, -0.2) is 19.6 Å². The van der Waals surface area contributed by atoms with Crippen LogP contribution in [0.4, 0.5) is 0 Å². The van der Waals surface area contributed by atoms with Crippen LogP contribution in [0.25, 0.3) is 0 Å². The molecule has 3 nitrogen and oxygen atoms in total. The van der Waals surface area contributed by atoms with Crippen LogP contribution in [0, 0.1) is 5.92 Å². The summed E-state index contributed by atoms with van der Waals surface area (Å²) in [4.78, 5) is 0. The molecule has 0 unspecified atom stereocenters. The van der Waals surface area contributed by atoms with Gasteiger partial charge in [0.25, 0.3) is 0 Å². The summed E-state index contributed by atoms with van der Waals surface area (Å²) in [6.07, 6.45) is 42.5. The maximum atomic E-state index is 4.31. The summed E-state index contributed by atoms with van der Waals surface area (Å²) in [6, 6.07) is 0. The molecule has 0 aromatic rings. The van der Waals surface area contributed by atoms with E-state index < -0.39 is 0 Å². The minimum atomic E-state index is 0.541. The van der Waals surface area contributed by atoms with Crippen molar-refractivity contribution in [2.45, 2.75) is 187 Å². The van der Waals surface area contributed by atoms with Gasteiger partial charge >= 0.3 is 0 Å². The first-order valence-electron chi connectivity index (χ1n) is 20.1. The van der Waals surface area contributed by atoms with E-state index in [0.29, 0.717) is 5.92 Å². The van der Waals surface area contributed by atoms with E-state index in [0.717, 1.165) is 32.5 Å². The first kappa shape index (κ1) is 42.1. The Bertz CT molecular complexity index is 807. The molecule has 0 radical (unpaired) electrons. The van der Waals surface area contributed by atoms with Gasteiger partial charge in [0.05, 0.1) is 0 Å². The van der Waals surface area contributed by atoms with Crippen LogP contribution in [0.2, 0.25) is 0 Å². The number of nitrogens with one attached hydrogen (secondary N) is 3. The van der Waals surface area contributed by atoms with Gasteiger partial charge in [-0.25, -0.2) is 0 Å². The molecule has 1 atom stereocenters. The molecule has 0 bridgehead atoms. The number of hydrogen-bond donors (Lipinski definition) is 3. The Morgan fingerprint density at radius 2 is 1.07 bits per heavy atom. The van der Waals surface area contributed by atoms with E-state index in [9.17, 15) is 0 Å². The lowest BCUT2D eigenvalue weighted by molar-refractivity contribution is 0.511. The fourth-order valence-electron chi connectivity index (χ4n) is 6.36. The zero-order valence-corrected chi connectivity index (χ0v) is 31.1. The Labute approximate surface area is 288 Å². The van der Waals surface area contributed by atoms with Crippen LogP contribution in [0.1, 0.15) is 187 Å². The van der Waals surface area contributed by atoms with Gasteiger partial charge in [0.15, 0.2) is 0 Å². The van der Waals surface area contributed by atoms with Crippen LogP contribution in [-0.2, 0) is 0 Å². The molecular weight excluding hydrogens is 558 g/mol. The quantitative estimate of drug-likeness (QED) is 0.0605. The van der Waals surface area contributed by atoms with Gasteiger partial charge in [0.2, 0.25) is 0 Å². The molecule has 1 rings (SSSR count). The highest BCUT2D eigenvalue weighted by molar-refractivity contribution is 5.21. The molecule has 3 N–H and O–H groups in total. The Morgan fingerprint density at radius 3 is 1.61 bits per heavy atom. The van der Waals surface area contributed by atoms with Gasteiger partial charge in [-0.2, -0.15) is 0 Å². The maximum Gasteiger partial charge on any atom is 0.0143 e. The highest BCUT2D eigenvalue weighted by atomic mass is 14.9. The molecule has 0 aromatic carbocycles. The van der Waals surface area contributed by atoms with E-state index in [-0.39, 0.29) is 0 Å². The Kier molecular flexibility index (Phi) is 29.0. The maximum absolute atomic E-state index is 4.31. The third kappa shape index (κ3) is 27.2. The largest absolute Gasteiger partial charge is 0.389 e. The smallest absolute Gasteiger partial charge is 0.0143 e. The fourth-order valence-corrected chi connectivity index (χ4v) is 6.36. The third-order valence-corrected chi connectivity index (χ3v) is 9.71. The Balaban J connectivity index is 1.82. The van der Waals surface area contributed by atoms with E-state index >= 15 is 0 Å². The van der Waals surface area contributed by atoms with Gasteiger partial charge in [-0.1, -0.05) is 154 Å². The SMILES string of the molecule is C=C(CCCCCCCCCCCCCCC)NCCCCCC(=C)NCCCC[C@H](C)C(=C)NCCCCCC1=CCCC=C1. The predicted molar refractivity (Wildman–Crippen MR) is 208 cm³/mol.